The maximum Gasteiger partial charge on any atom is 0.229 e. The molecule has 1 heterocycles. The van der Waals surface area contributed by atoms with Gasteiger partial charge in [-0.1, -0.05) is 38.1 Å². The number of benzene rings is 1. The predicted molar refractivity (Wildman–Crippen MR) is 74.4 cm³/mol. The molecule has 0 aliphatic heterocycles. The summed E-state index contributed by atoms with van der Waals surface area (Å²) in [6.07, 6.45) is 0.274. The maximum absolute atomic E-state index is 9.71. The van der Waals surface area contributed by atoms with E-state index < -0.39 is 6.10 Å². The van der Waals surface area contributed by atoms with Crippen LogP contribution in [0.1, 0.15) is 56.5 Å². The Morgan fingerprint density at radius 3 is 2.50 bits per heavy atom. The molecule has 108 valence electrons. The van der Waals surface area contributed by atoms with Gasteiger partial charge in [0.1, 0.15) is 5.75 Å². The molecule has 1 atom stereocenters. The van der Waals surface area contributed by atoms with Crippen LogP contribution in [0.25, 0.3) is 0 Å². The van der Waals surface area contributed by atoms with E-state index in [1.165, 1.54) is 0 Å². The molecule has 0 amide bonds. The summed E-state index contributed by atoms with van der Waals surface area (Å²) in [7, 11) is 0. The molecule has 20 heavy (non-hydrogen) atoms. The highest BCUT2D eigenvalue weighted by Gasteiger charge is 2.10. The Kier molecular flexibility index (Phi) is 4.74. The zero-order valence-electron chi connectivity index (χ0n) is 12.0. The Hall–Kier alpha value is -1.88. The highest BCUT2D eigenvalue weighted by Crippen LogP contribution is 2.20. The first-order valence-corrected chi connectivity index (χ1v) is 6.83. The van der Waals surface area contributed by atoms with Crippen molar-refractivity contribution in [3.05, 3.63) is 41.5 Å². The van der Waals surface area contributed by atoms with Crippen molar-refractivity contribution in [1.82, 2.24) is 10.1 Å². The first-order chi connectivity index (χ1) is 9.60. The second-order valence-electron chi connectivity index (χ2n) is 4.99. The molecule has 2 rings (SSSR count). The minimum atomic E-state index is -0.421. The van der Waals surface area contributed by atoms with Crippen LogP contribution in [0.2, 0.25) is 0 Å². The molecule has 1 N–H and O–H groups in total. The first-order valence-electron chi connectivity index (χ1n) is 6.83. The summed E-state index contributed by atoms with van der Waals surface area (Å²) in [5, 5.41) is 13.6. The van der Waals surface area contributed by atoms with Gasteiger partial charge in [0.05, 0.1) is 6.10 Å². The fourth-order valence-corrected chi connectivity index (χ4v) is 1.73. The zero-order chi connectivity index (χ0) is 14.5. The molecule has 0 aliphatic rings. The van der Waals surface area contributed by atoms with E-state index in [9.17, 15) is 5.11 Å². The third-order valence-corrected chi connectivity index (χ3v) is 3.00. The number of ether oxygens (including phenoxy) is 1. The largest absolute Gasteiger partial charge is 0.485 e. The van der Waals surface area contributed by atoms with Crippen LogP contribution < -0.4 is 4.74 Å². The van der Waals surface area contributed by atoms with Crippen molar-refractivity contribution in [2.45, 2.75) is 45.8 Å². The van der Waals surface area contributed by atoms with Gasteiger partial charge in [-0.15, -0.1) is 0 Å². The van der Waals surface area contributed by atoms with Gasteiger partial charge in [-0.25, -0.2) is 0 Å². The van der Waals surface area contributed by atoms with Crippen LogP contribution in [0.15, 0.2) is 28.8 Å². The average Bonchev–Trinajstić information content (AvgIpc) is 2.94. The average molecular weight is 276 g/mol. The Bertz CT molecular complexity index is 534. The van der Waals surface area contributed by atoms with Gasteiger partial charge < -0.3 is 14.4 Å². The number of aliphatic hydroxyl groups excluding tert-OH is 1. The molecule has 0 fully saturated rings. The predicted octanol–water partition coefficient (Wildman–Crippen LogP) is 3.22. The van der Waals surface area contributed by atoms with Crippen LogP contribution in [0.5, 0.6) is 5.75 Å². The topological polar surface area (TPSA) is 68.4 Å². The van der Waals surface area contributed by atoms with E-state index in [2.05, 4.69) is 10.1 Å². The molecule has 2 aromatic rings. The number of aliphatic hydroxyl groups is 1. The van der Waals surface area contributed by atoms with Gasteiger partial charge in [0.15, 0.2) is 6.61 Å². The summed E-state index contributed by atoms with van der Waals surface area (Å²) in [4.78, 5) is 4.24. The van der Waals surface area contributed by atoms with E-state index in [1.807, 2.05) is 45.0 Å². The zero-order valence-corrected chi connectivity index (χ0v) is 12.0. The van der Waals surface area contributed by atoms with Crippen LogP contribution >= 0.6 is 0 Å². The third kappa shape index (κ3) is 3.57. The van der Waals surface area contributed by atoms with Crippen molar-refractivity contribution in [3.63, 3.8) is 0 Å². The number of rotatable bonds is 6. The SMILES string of the molecule is CC[C@@H](O)c1ccc(OCc2noc(C(C)C)n2)cc1. The lowest BCUT2D eigenvalue weighted by Gasteiger charge is -2.09. The maximum atomic E-state index is 9.71. The molecule has 0 radical (unpaired) electrons. The van der Waals surface area contributed by atoms with Gasteiger partial charge in [-0.05, 0) is 24.1 Å². The Balaban J connectivity index is 1.93. The summed E-state index contributed by atoms with van der Waals surface area (Å²) in [6.45, 7) is 6.20. The standard InChI is InChI=1S/C15H20N2O3/c1-4-13(18)11-5-7-12(8-6-11)19-9-14-16-15(10(2)3)20-17-14/h5-8,10,13,18H,4,9H2,1-3H3/t13-/m1/s1. The molecule has 1 aromatic carbocycles. The van der Waals surface area contributed by atoms with E-state index in [0.29, 0.717) is 23.9 Å². The first kappa shape index (κ1) is 14.5. The lowest BCUT2D eigenvalue weighted by atomic mass is 10.1. The second-order valence-corrected chi connectivity index (χ2v) is 4.99. The second kappa shape index (κ2) is 6.52. The summed E-state index contributed by atoms with van der Waals surface area (Å²) >= 11 is 0. The van der Waals surface area contributed by atoms with Crippen LogP contribution in [0, 0.1) is 0 Å². The van der Waals surface area contributed by atoms with Crippen molar-refractivity contribution < 1.29 is 14.4 Å². The Morgan fingerprint density at radius 1 is 1.25 bits per heavy atom. The van der Waals surface area contributed by atoms with Gasteiger partial charge in [0.2, 0.25) is 11.7 Å². The number of hydrogen-bond donors (Lipinski definition) is 1. The molecule has 5 nitrogen and oxygen atoms in total. The van der Waals surface area contributed by atoms with Crippen molar-refractivity contribution in [3.8, 4) is 5.75 Å². The summed E-state index contributed by atoms with van der Waals surface area (Å²) in [6, 6.07) is 7.38. The molecule has 5 heteroatoms. The monoisotopic (exact) mass is 276 g/mol. The summed E-state index contributed by atoms with van der Waals surface area (Å²) < 4.78 is 10.7. The molecule has 0 spiro atoms. The minimum Gasteiger partial charge on any atom is -0.485 e. The minimum absolute atomic E-state index is 0.214. The van der Waals surface area contributed by atoms with E-state index >= 15 is 0 Å². The number of hydrogen-bond acceptors (Lipinski definition) is 5. The smallest absolute Gasteiger partial charge is 0.229 e. The van der Waals surface area contributed by atoms with Crippen LogP contribution in [0.4, 0.5) is 0 Å². The van der Waals surface area contributed by atoms with Crippen LogP contribution in [0.3, 0.4) is 0 Å². The van der Waals surface area contributed by atoms with Crippen molar-refractivity contribution in [2.24, 2.45) is 0 Å². The number of nitrogens with zero attached hydrogens (tertiary/aromatic N) is 2. The Morgan fingerprint density at radius 2 is 1.95 bits per heavy atom. The van der Waals surface area contributed by atoms with Gasteiger partial charge in [-0.3, -0.25) is 0 Å². The highest BCUT2D eigenvalue weighted by molar-refractivity contribution is 5.28. The van der Waals surface area contributed by atoms with Crippen molar-refractivity contribution >= 4 is 0 Å². The van der Waals surface area contributed by atoms with E-state index in [0.717, 1.165) is 5.56 Å². The molecule has 1 aromatic heterocycles. The fourth-order valence-electron chi connectivity index (χ4n) is 1.73. The fraction of sp³-hybridized carbons (Fsp3) is 0.467. The third-order valence-electron chi connectivity index (χ3n) is 3.00. The van der Waals surface area contributed by atoms with E-state index in [-0.39, 0.29) is 12.5 Å². The lowest BCUT2D eigenvalue weighted by Crippen LogP contribution is -1.99. The van der Waals surface area contributed by atoms with Gasteiger partial charge >= 0.3 is 0 Å². The molecule has 0 saturated carbocycles. The lowest BCUT2D eigenvalue weighted by molar-refractivity contribution is 0.173. The number of aromatic nitrogens is 2. The quantitative estimate of drug-likeness (QED) is 0.877. The van der Waals surface area contributed by atoms with Gasteiger partial charge in [0, 0.05) is 5.92 Å². The Labute approximate surface area is 118 Å². The van der Waals surface area contributed by atoms with Crippen molar-refractivity contribution in [2.75, 3.05) is 0 Å². The summed E-state index contributed by atoms with van der Waals surface area (Å²) in [5.41, 5.74) is 0.890. The summed E-state index contributed by atoms with van der Waals surface area (Å²) in [5.74, 6) is 2.08. The van der Waals surface area contributed by atoms with E-state index in [1.54, 1.807) is 0 Å². The van der Waals surface area contributed by atoms with Gasteiger partial charge in [-0.2, -0.15) is 4.98 Å². The molecule has 0 unspecified atom stereocenters. The molecule has 0 saturated heterocycles. The molecule has 0 bridgehead atoms. The molecular formula is C15H20N2O3. The normalized spacial score (nSPS) is 12.7. The molecular weight excluding hydrogens is 256 g/mol. The van der Waals surface area contributed by atoms with Crippen LogP contribution in [-0.2, 0) is 6.61 Å². The van der Waals surface area contributed by atoms with E-state index in [4.69, 9.17) is 9.26 Å². The van der Waals surface area contributed by atoms with Gasteiger partial charge in [0.25, 0.3) is 0 Å². The van der Waals surface area contributed by atoms with Crippen molar-refractivity contribution in [1.29, 1.82) is 0 Å². The highest BCUT2D eigenvalue weighted by atomic mass is 16.5. The van der Waals surface area contributed by atoms with Crippen LogP contribution in [-0.4, -0.2) is 15.2 Å². The molecule has 0 aliphatic carbocycles.